The summed E-state index contributed by atoms with van der Waals surface area (Å²) >= 11 is 6.83. The van der Waals surface area contributed by atoms with Crippen LogP contribution in [0.3, 0.4) is 0 Å². The zero-order valence-corrected chi connectivity index (χ0v) is 13.9. The van der Waals surface area contributed by atoms with Crippen molar-refractivity contribution >= 4 is 37.8 Å². The molecular weight excluding hydrogens is 392 g/mol. The summed E-state index contributed by atoms with van der Waals surface area (Å²) in [6, 6.07) is 5.30. The third-order valence-corrected chi connectivity index (χ3v) is 3.62. The summed E-state index contributed by atoms with van der Waals surface area (Å²) in [4.78, 5) is 8.22. The number of methoxy groups -OCH3 is 1. The van der Waals surface area contributed by atoms with Gasteiger partial charge in [-0.05, 0) is 50.9 Å². The van der Waals surface area contributed by atoms with E-state index >= 15 is 0 Å². The highest BCUT2D eigenvalue weighted by Gasteiger charge is 2.11. The summed E-state index contributed by atoms with van der Waals surface area (Å²) in [7, 11) is 1.60. The number of benzene rings is 1. The fourth-order valence-electron chi connectivity index (χ4n) is 1.51. The van der Waals surface area contributed by atoms with Crippen molar-refractivity contribution in [1.82, 2.24) is 9.97 Å². The molecule has 0 fully saturated rings. The first-order valence-electron chi connectivity index (χ1n) is 5.56. The van der Waals surface area contributed by atoms with Crippen LogP contribution in [0.4, 0.5) is 5.95 Å². The van der Waals surface area contributed by atoms with Crippen LogP contribution in [-0.2, 0) is 0 Å². The van der Waals surface area contributed by atoms with Gasteiger partial charge < -0.3 is 9.47 Å². The Balaban J connectivity index is 2.35. The SMILES string of the molecule is COc1cc(Br)c(Oc2cc(C)nc(NN)n2)cc1Br. The van der Waals surface area contributed by atoms with Gasteiger partial charge in [-0.1, -0.05) is 0 Å². The van der Waals surface area contributed by atoms with Crippen molar-refractivity contribution in [3.63, 3.8) is 0 Å². The number of nitrogens with zero attached hydrogens (tertiary/aromatic N) is 2. The van der Waals surface area contributed by atoms with Crippen LogP contribution < -0.4 is 20.7 Å². The Kier molecular flexibility index (Phi) is 4.79. The molecule has 3 N–H and O–H groups in total. The number of hydrogen-bond acceptors (Lipinski definition) is 6. The summed E-state index contributed by atoms with van der Waals surface area (Å²) < 4.78 is 12.5. The van der Waals surface area contributed by atoms with Crippen LogP contribution in [0.1, 0.15) is 5.69 Å². The van der Waals surface area contributed by atoms with Gasteiger partial charge in [-0.3, -0.25) is 5.43 Å². The monoisotopic (exact) mass is 402 g/mol. The van der Waals surface area contributed by atoms with E-state index in [0.717, 1.165) is 14.6 Å². The Morgan fingerprint density at radius 2 is 1.75 bits per heavy atom. The van der Waals surface area contributed by atoms with Crippen LogP contribution in [-0.4, -0.2) is 17.1 Å². The van der Waals surface area contributed by atoms with Crippen molar-refractivity contribution in [3.05, 3.63) is 32.8 Å². The Morgan fingerprint density at radius 3 is 2.40 bits per heavy atom. The summed E-state index contributed by atoms with van der Waals surface area (Å²) in [5.74, 6) is 7.29. The van der Waals surface area contributed by atoms with Crippen molar-refractivity contribution in [2.24, 2.45) is 5.84 Å². The molecule has 0 unspecified atom stereocenters. The van der Waals surface area contributed by atoms with E-state index in [9.17, 15) is 0 Å². The second kappa shape index (κ2) is 6.38. The number of nitrogens with one attached hydrogen (secondary N) is 1. The minimum absolute atomic E-state index is 0.295. The largest absolute Gasteiger partial charge is 0.496 e. The number of ether oxygens (including phenoxy) is 2. The summed E-state index contributed by atoms with van der Waals surface area (Å²) in [5.41, 5.74) is 3.14. The fraction of sp³-hybridized carbons (Fsp3) is 0.167. The molecular formula is C12H12Br2N4O2. The molecule has 2 aromatic rings. The summed E-state index contributed by atoms with van der Waals surface area (Å²) in [6.07, 6.45) is 0. The maximum Gasteiger partial charge on any atom is 0.240 e. The second-order valence-corrected chi connectivity index (χ2v) is 5.54. The van der Waals surface area contributed by atoms with Crippen LogP contribution in [0.2, 0.25) is 0 Å². The Hall–Kier alpha value is -1.38. The van der Waals surface area contributed by atoms with Crippen LogP contribution in [0.15, 0.2) is 27.1 Å². The number of aromatic nitrogens is 2. The molecule has 1 aromatic carbocycles. The van der Waals surface area contributed by atoms with Gasteiger partial charge in [0.1, 0.15) is 11.5 Å². The van der Waals surface area contributed by atoms with Gasteiger partial charge in [0, 0.05) is 11.8 Å². The van der Waals surface area contributed by atoms with Crippen LogP contribution in [0.5, 0.6) is 17.4 Å². The quantitative estimate of drug-likeness (QED) is 0.601. The van der Waals surface area contributed by atoms with E-state index in [0.29, 0.717) is 23.3 Å². The average Bonchev–Trinajstić information content (AvgIpc) is 2.41. The van der Waals surface area contributed by atoms with Crippen molar-refractivity contribution < 1.29 is 9.47 Å². The highest BCUT2D eigenvalue weighted by molar-refractivity contribution is 9.11. The summed E-state index contributed by atoms with van der Waals surface area (Å²) in [5, 5.41) is 0. The first-order valence-corrected chi connectivity index (χ1v) is 7.15. The molecule has 0 saturated carbocycles. The number of hydrogen-bond donors (Lipinski definition) is 2. The highest BCUT2D eigenvalue weighted by atomic mass is 79.9. The Bertz CT molecular complexity index is 637. The molecule has 0 aliphatic rings. The molecule has 1 aromatic heterocycles. The van der Waals surface area contributed by atoms with E-state index in [4.69, 9.17) is 15.3 Å². The maximum atomic E-state index is 5.73. The predicted octanol–water partition coefficient (Wildman–Crippen LogP) is 3.40. The lowest BCUT2D eigenvalue weighted by Gasteiger charge is -2.11. The number of anilines is 1. The molecule has 0 spiro atoms. The lowest BCUT2D eigenvalue weighted by molar-refractivity contribution is 0.408. The number of halogens is 2. The molecule has 2 rings (SSSR count). The van der Waals surface area contributed by atoms with Crippen molar-refractivity contribution in [2.45, 2.75) is 6.92 Å². The molecule has 20 heavy (non-hydrogen) atoms. The third-order valence-electron chi connectivity index (χ3n) is 2.38. The van der Waals surface area contributed by atoms with Gasteiger partial charge in [0.25, 0.3) is 0 Å². The number of nitrogen functional groups attached to an aromatic ring is 1. The first kappa shape index (κ1) is 15.0. The lowest BCUT2D eigenvalue weighted by atomic mass is 10.3. The predicted molar refractivity (Wildman–Crippen MR) is 83.0 cm³/mol. The van der Waals surface area contributed by atoms with Gasteiger partial charge in [0.2, 0.25) is 11.8 Å². The van der Waals surface area contributed by atoms with Crippen molar-refractivity contribution in [3.8, 4) is 17.4 Å². The average molecular weight is 404 g/mol. The zero-order chi connectivity index (χ0) is 14.7. The van der Waals surface area contributed by atoms with E-state index in [1.165, 1.54) is 0 Å². The van der Waals surface area contributed by atoms with E-state index < -0.39 is 0 Å². The lowest BCUT2D eigenvalue weighted by Crippen LogP contribution is -2.11. The smallest absolute Gasteiger partial charge is 0.240 e. The molecule has 0 aliphatic heterocycles. The van der Waals surface area contributed by atoms with Gasteiger partial charge in [0.15, 0.2) is 0 Å². The Labute approximate surface area is 132 Å². The minimum Gasteiger partial charge on any atom is -0.496 e. The van der Waals surface area contributed by atoms with Gasteiger partial charge in [-0.15, -0.1) is 0 Å². The van der Waals surface area contributed by atoms with Gasteiger partial charge in [-0.2, -0.15) is 4.98 Å². The number of rotatable bonds is 4. The first-order chi connectivity index (χ1) is 9.53. The molecule has 0 radical (unpaired) electrons. The molecule has 6 nitrogen and oxygen atoms in total. The number of aryl methyl sites for hydroxylation is 1. The van der Waals surface area contributed by atoms with E-state index in [1.54, 1.807) is 25.3 Å². The van der Waals surface area contributed by atoms with E-state index in [1.807, 2.05) is 6.92 Å². The molecule has 106 valence electrons. The van der Waals surface area contributed by atoms with Crippen molar-refractivity contribution in [2.75, 3.05) is 12.5 Å². The maximum absolute atomic E-state index is 5.73. The van der Waals surface area contributed by atoms with E-state index in [2.05, 4.69) is 47.3 Å². The van der Waals surface area contributed by atoms with Gasteiger partial charge in [-0.25, -0.2) is 10.8 Å². The fourth-order valence-corrected chi connectivity index (χ4v) is 2.40. The van der Waals surface area contributed by atoms with E-state index in [-0.39, 0.29) is 0 Å². The molecule has 0 saturated heterocycles. The molecule has 0 atom stereocenters. The number of nitrogens with two attached hydrogens (primary N) is 1. The van der Waals surface area contributed by atoms with Crippen LogP contribution in [0, 0.1) is 6.92 Å². The standard InChI is InChI=1S/C12H12Br2N4O2/c1-6-3-11(17-12(16-6)18-15)20-10-5-7(13)9(19-2)4-8(10)14/h3-5H,15H2,1-2H3,(H,16,17,18). The minimum atomic E-state index is 0.295. The highest BCUT2D eigenvalue weighted by Crippen LogP contribution is 2.37. The second-order valence-electron chi connectivity index (χ2n) is 3.83. The van der Waals surface area contributed by atoms with Crippen LogP contribution in [0.25, 0.3) is 0 Å². The zero-order valence-electron chi connectivity index (χ0n) is 10.8. The summed E-state index contributed by atoms with van der Waals surface area (Å²) in [6.45, 7) is 1.83. The third kappa shape index (κ3) is 3.38. The van der Waals surface area contributed by atoms with Gasteiger partial charge in [0.05, 0.1) is 16.1 Å². The van der Waals surface area contributed by atoms with Crippen LogP contribution >= 0.6 is 31.9 Å². The molecule has 0 bridgehead atoms. The molecule has 0 amide bonds. The van der Waals surface area contributed by atoms with Gasteiger partial charge >= 0.3 is 0 Å². The normalized spacial score (nSPS) is 10.2. The topological polar surface area (TPSA) is 82.3 Å². The Morgan fingerprint density at radius 1 is 1.10 bits per heavy atom. The molecule has 1 heterocycles. The van der Waals surface area contributed by atoms with Crippen molar-refractivity contribution in [1.29, 1.82) is 0 Å². The molecule has 8 heteroatoms. The number of hydrazine groups is 1. The molecule has 0 aliphatic carbocycles.